The second-order valence-electron chi connectivity index (χ2n) is 9.54. The van der Waals surface area contributed by atoms with Crippen LogP contribution in [0.4, 0.5) is 15.8 Å². The van der Waals surface area contributed by atoms with Crippen molar-refractivity contribution in [2.45, 2.75) is 32.7 Å². The van der Waals surface area contributed by atoms with Crippen LogP contribution in [0.1, 0.15) is 38.3 Å². The molecule has 0 aliphatic rings. The molecule has 8 heteroatoms. The summed E-state index contributed by atoms with van der Waals surface area (Å²) < 4.78 is 15.8. The molecular weight excluding hydrogens is 455 g/mol. The molecule has 0 spiro atoms. The Balaban J connectivity index is 1.75. The molecule has 0 fully saturated rings. The first-order chi connectivity index (χ1) is 17.3. The summed E-state index contributed by atoms with van der Waals surface area (Å²) in [5.41, 5.74) is 10.3. The topological polar surface area (TPSA) is 83.2 Å². The number of anilines is 2. The fourth-order valence-electron chi connectivity index (χ4n) is 4.76. The maximum Gasteiger partial charge on any atom is 0.251 e. The van der Waals surface area contributed by atoms with Crippen molar-refractivity contribution in [2.24, 2.45) is 0 Å². The lowest BCUT2D eigenvalue weighted by molar-refractivity contribution is 0.346. The van der Waals surface area contributed by atoms with Gasteiger partial charge in [0.2, 0.25) is 0 Å². The van der Waals surface area contributed by atoms with Gasteiger partial charge in [-0.2, -0.15) is 0 Å². The number of nitrogens with zero attached hydrogens (tertiary/aromatic N) is 4. The highest BCUT2D eigenvalue weighted by atomic mass is 19.1. The number of hydrogen-bond donors (Lipinski definition) is 2. The number of nitrogen functional groups attached to an aromatic ring is 1. The van der Waals surface area contributed by atoms with Gasteiger partial charge in [-0.15, -0.1) is 0 Å². The molecule has 36 heavy (non-hydrogen) atoms. The van der Waals surface area contributed by atoms with Crippen LogP contribution in [0, 0.1) is 5.82 Å². The molecule has 0 aliphatic heterocycles. The number of likely N-dealkylation sites (N-methyl/N-ethyl adjacent to an activating group) is 1. The lowest BCUT2D eigenvalue weighted by Crippen LogP contribution is -2.32. The highest BCUT2D eigenvalue weighted by molar-refractivity contribution is 5.95. The van der Waals surface area contributed by atoms with Gasteiger partial charge in [-0.05, 0) is 68.4 Å². The third-order valence-corrected chi connectivity index (χ3v) is 6.33. The molecular formula is C28H35FN6O. The minimum atomic E-state index is -0.416. The lowest BCUT2D eigenvalue weighted by atomic mass is 10.0. The highest BCUT2D eigenvalue weighted by Gasteiger charge is 2.19. The number of nitrogens with two attached hydrogens (primary N) is 1. The molecule has 0 amide bonds. The number of fused-ring (bicyclic) bond motifs is 1. The van der Waals surface area contributed by atoms with Crippen molar-refractivity contribution in [3.63, 3.8) is 0 Å². The smallest absolute Gasteiger partial charge is 0.251 e. The van der Waals surface area contributed by atoms with E-state index in [1.165, 1.54) is 12.1 Å². The van der Waals surface area contributed by atoms with Crippen LogP contribution in [-0.2, 0) is 0 Å². The molecule has 3 N–H and O–H groups in total. The maximum absolute atomic E-state index is 14.1. The molecule has 1 atom stereocenters. The first-order valence-corrected chi connectivity index (χ1v) is 12.5. The van der Waals surface area contributed by atoms with Crippen molar-refractivity contribution in [1.29, 1.82) is 0 Å². The van der Waals surface area contributed by atoms with Crippen molar-refractivity contribution in [1.82, 2.24) is 19.4 Å². The molecule has 0 saturated carbocycles. The summed E-state index contributed by atoms with van der Waals surface area (Å²) in [7, 11) is 3.85. The van der Waals surface area contributed by atoms with E-state index < -0.39 is 5.82 Å². The van der Waals surface area contributed by atoms with Gasteiger partial charge in [0.1, 0.15) is 11.5 Å². The number of nitrogens with one attached hydrogen (secondary N) is 1. The Morgan fingerprint density at radius 1 is 1.11 bits per heavy atom. The number of pyridine rings is 2. The van der Waals surface area contributed by atoms with Crippen LogP contribution in [0.25, 0.3) is 22.2 Å². The summed E-state index contributed by atoms with van der Waals surface area (Å²) in [6.45, 7) is 6.80. The number of hydrogen-bond acceptors (Lipinski definition) is 5. The van der Waals surface area contributed by atoms with Crippen LogP contribution in [-0.4, -0.2) is 53.2 Å². The Morgan fingerprint density at radius 3 is 2.50 bits per heavy atom. The predicted octanol–water partition coefficient (Wildman–Crippen LogP) is 4.89. The Hall–Kier alpha value is -3.65. The van der Waals surface area contributed by atoms with Gasteiger partial charge in [-0.1, -0.05) is 13.8 Å². The number of rotatable bonds is 10. The Kier molecular flexibility index (Phi) is 7.74. The number of H-pyrrole nitrogens is 1. The van der Waals surface area contributed by atoms with E-state index in [0.717, 1.165) is 53.8 Å². The summed E-state index contributed by atoms with van der Waals surface area (Å²) in [4.78, 5) is 25.6. The van der Waals surface area contributed by atoms with Crippen molar-refractivity contribution in [3.8, 4) is 11.1 Å². The van der Waals surface area contributed by atoms with E-state index in [1.807, 2.05) is 37.5 Å². The third-order valence-electron chi connectivity index (χ3n) is 6.33. The van der Waals surface area contributed by atoms with Crippen LogP contribution < -0.4 is 16.2 Å². The van der Waals surface area contributed by atoms with Crippen LogP contribution in [0.2, 0.25) is 0 Å². The quantitative estimate of drug-likeness (QED) is 0.309. The second kappa shape index (κ2) is 11.0. The Bertz CT molecular complexity index is 1370. The van der Waals surface area contributed by atoms with E-state index in [-0.39, 0.29) is 11.6 Å². The number of benzene rings is 1. The van der Waals surface area contributed by atoms with E-state index in [4.69, 9.17) is 5.73 Å². The summed E-state index contributed by atoms with van der Waals surface area (Å²) in [5, 5.41) is 0.976. The number of aromatic amines is 1. The van der Waals surface area contributed by atoms with Crippen molar-refractivity contribution < 1.29 is 4.39 Å². The zero-order valence-electron chi connectivity index (χ0n) is 21.5. The normalized spacial score (nSPS) is 12.4. The van der Waals surface area contributed by atoms with Crippen LogP contribution in [0.3, 0.4) is 0 Å². The predicted molar refractivity (Wildman–Crippen MR) is 146 cm³/mol. The molecule has 1 aromatic carbocycles. The van der Waals surface area contributed by atoms with E-state index in [9.17, 15) is 9.18 Å². The number of aromatic nitrogens is 3. The van der Waals surface area contributed by atoms with E-state index in [0.29, 0.717) is 17.8 Å². The minimum absolute atomic E-state index is 0.167. The van der Waals surface area contributed by atoms with E-state index >= 15 is 0 Å². The van der Waals surface area contributed by atoms with Gasteiger partial charge < -0.3 is 25.1 Å². The SMILES string of the molecule is CCCN(CCC)c1cnc2[nH]cc(-c3ccn([C@H](CN(C)C)c4cc(N)cc(F)c4)c(=O)c3)c2c1. The molecule has 0 aliphatic carbocycles. The molecule has 190 valence electrons. The molecule has 7 nitrogen and oxygen atoms in total. The largest absolute Gasteiger partial charge is 0.399 e. The molecule has 0 unspecified atom stereocenters. The van der Waals surface area contributed by atoms with Gasteiger partial charge in [-0.25, -0.2) is 9.37 Å². The van der Waals surface area contributed by atoms with E-state index in [1.54, 1.807) is 22.9 Å². The average Bonchev–Trinajstić information content (AvgIpc) is 3.25. The van der Waals surface area contributed by atoms with Gasteiger partial charge in [0.05, 0.1) is 17.9 Å². The first kappa shape index (κ1) is 25.4. The molecule has 3 aromatic heterocycles. The maximum atomic E-state index is 14.1. The molecule has 4 rings (SSSR count). The van der Waals surface area contributed by atoms with Crippen molar-refractivity contribution in [3.05, 3.63) is 76.7 Å². The van der Waals surface area contributed by atoms with Crippen molar-refractivity contribution in [2.75, 3.05) is 44.4 Å². The molecule has 0 bridgehead atoms. The lowest BCUT2D eigenvalue weighted by Gasteiger charge is -2.24. The summed E-state index contributed by atoms with van der Waals surface area (Å²) in [5.74, 6) is -0.416. The average molecular weight is 491 g/mol. The molecule has 0 radical (unpaired) electrons. The zero-order chi connectivity index (χ0) is 25.8. The molecule has 3 heterocycles. The molecule has 4 aromatic rings. The zero-order valence-corrected chi connectivity index (χ0v) is 21.5. The fraction of sp³-hybridized carbons (Fsp3) is 0.357. The monoisotopic (exact) mass is 490 g/mol. The van der Waals surface area contributed by atoms with Gasteiger partial charge >= 0.3 is 0 Å². The van der Waals surface area contributed by atoms with E-state index in [2.05, 4.69) is 34.8 Å². The van der Waals surface area contributed by atoms with Crippen LogP contribution in [0.5, 0.6) is 0 Å². The highest BCUT2D eigenvalue weighted by Crippen LogP contribution is 2.30. The first-order valence-electron chi connectivity index (χ1n) is 12.5. The van der Waals surface area contributed by atoms with Gasteiger partial charge in [0.25, 0.3) is 5.56 Å². The fourth-order valence-corrected chi connectivity index (χ4v) is 4.76. The molecule has 0 saturated heterocycles. The Labute approximate surface area is 211 Å². The van der Waals surface area contributed by atoms with Gasteiger partial charge in [-0.3, -0.25) is 4.79 Å². The van der Waals surface area contributed by atoms with Crippen LogP contribution >= 0.6 is 0 Å². The van der Waals surface area contributed by atoms with Gasteiger partial charge in [0, 0.05) is 54.7 Å². The van der Waals surface area contributed by atoms with Crippen molar-refractivity contribution >= 4 is 22.4 Å². The second-order valence-corrected chi connectivity index (χ2v) is 9.54. The number of halogens is 1. The third kappa shape index (κ3) is 5.44. The Morgan fingerprint density at radius 2 is 1.86 bits per heavy atom. The minimum Gasteiger partial charge on any atom is -0.399 e. The standard InChI is InChI=1S/C28H35FN6O/c1-5-8-34(9-6-2)23-15-24-25(17-32-28(24)31-16-23)19-7-10-35(27(36)13-19)26(18-33(3)4)20-11-21(29)14-22(30)12-20/h7,10-17,26H,5-6,8-9,18,30H2,1-4H3,(H,31,32)/t26-/m1/s1. The summed E-state index contributed by atoms with van der Waals surface area (Å²) >= 11 is 0. The van der Waals surface area contributed by atoms with Crippen LogP contribution in [0.15, 0.2) is 59.8 Å². The van der Waals surface area contributed by atoms with Gasteiger partial charge in [0.15, 0.2) is 0 Å². The summed E-state index contributed by atoms with van der Waals surface area (Å²) in [6, 6.07) is 9.78. The summed E-state index contributed by atoms with van der Waals surface area (Å²) in [6.07, 6.45) is 7.70.